The lowest BCUT2D eigenvalue weighted by Gasteiger charge is -2.09. The summed E-state index contributed by atoms with van der Waals surface area (Å²) in [7, 11) is 0. The molecule has 19 heavy (non-hydrogen) atoms. The Kier molecular flexibility index (Phi) is 3.59. The minimum atomic E-state index is -1.56. The van der Waals surface area contributed by atoms with E-state index in [-0.39, 0.29) is 12.0 Å². The van der Waals surface area contributed by atoms with Crippen molar-refractivity contribution in [3.05, 3.63) is 59.2 Å². The summed E-state index contributed by atoms with van der Waals surface area (Å²) in [5.74, 6) is -2.83. The second-order valence-corrected chi connectivity index (χ2v) is 4.02. The first-order chi connectivity index (χ1) is 8.99. The highest BCUT2D eigenvalue weighted by molar-refractivity contribution is 5.47. The fourth-order valence-corrected chi connectivity index (χ4v) is 1.70. The van der Waals surface area contributed by atoms with E-state index in [0.717, 1.165) is 12.1 Å². The fraction of sp³-hybridized carbons (Fsp3) is 0.0769. The molecule has 0 saturated carbocycles. The van der Waals surface area contributed by atoms with Crippen molar-refractivity contribution in [1.29, 1.82) is 0 Å². The molecule has 0 fully saturated rings. The number of hydrogen-bond donors (Lipinski definition) is 1. The van der Waals surface area contributed by atoms with E-state index in [1.807, 2.05) is 0 Å². The number of nitrogens with two attached hydrogens (primary N) is 1. The van der Waals surface area contributed by atoms with Gasteiger partial charge in [0.05, 0.1) is 0 Å². The van der Waals surface area contributed by atoms with E-state index in [2.05, 4.69) is 0 Å². The number of benzene rings is 2. The minimum Gasteiger partial charge on any atom is -0.399 e. The lowest BCUT2D eigenvalue weighted by atomic mass is 10.0. The molecule has 6 heteroatoms. The normalized spacial score (nSPS) is 10.5. The first-order valence-electron chi connectivity index (χ1n) is 5.42. The minimum absolute atomic E-state index is 0.00729. The van der Waals surface area contributed by atoms with Gasteiger partial charge in [-0.1, -0.05) is 27.2 Å². The van der Waals surface area contributed by atoms with Crippen LogP contribution in [0.3, 0.4) is 0 Å². The topological polar surface area (TPSA) is 29.3 Å². The van der Waals surface area contributed by atoms with Gasteiger partial charge in [0.2, 0.25) is 0 Å². The fourth-order valence-electron chi connectivity index (χ4n) is 1.70. The van der Waals surface area contributed by atoms with Crippen LogP contribution in [0, 0.1) is 11.6 Å². The molecule has 0 atom stereocenters. The Morgan fingerprint density at radius 1 is 0.895 bits per heavy atom. The molecule has 2 aromatic carbocycles. The smallest absolute Gasteiger partial charge is 0.188 e. The van der Waals surface area contributed by atoms with Crippen molar-refractivity contribution in [2.24, 2.45) is 0 Å². The summed E-state index contributed by atoms with van der Waals surface area (Å²) in [4.78, 5) is 0. The molecule has 0 radical (unpaired) electrons. The maximum Gasteiger partial charge on any atom is 0.188 e. The Morgan fingerprint density at radius 3 is 2.11 bits per heavy atom. The zero-order chi connectivity index (χ0) is 14.0. The van der Waals surface area contributed by atoms with E-state index in [1.54, 1.807) is 24.3 Å². The zero-order valence-corrected chi connectivity index (χ0v) is 9.71. The Labute approximate surface area is 106 Å². The second-order valence-electron chi connectivity index (χ2n) is 4.02. The van der Waals surface area contributed by atoms with Gasteiger partial charge in [0, 0.05) is 12.1 Å². The molecule has 0 amide bonds. The molecule has 0 aliphatic carbocycles. The number of halogens is 4. The van der Waals surface area contributed by atoms with Crippen LogP contribution in [0.25, 0.3) is 0 Å². The third-order valence-electron chi connectivity index (χ3n) is 2.70. The van der Waals surface area contributed by atoms with Crippen molar-refractivity contribution in [3.63, 3.8) is 0 Å². The third kappa shape index (κ3) is 2.78. The highest BCUT2D eigenvalue weighted by Crippen LogP contribution is 2.26. The number of anilines is 2. The summed E-state index contributed by atoms with van der Waals surface area (Å²) in [6, 6.07) is 8.56. The van der Waals surface area contributed by atoms with Crippen LogP contribution >= 0.6 is 0 Å². The van der Waals surface area contributed by atoms with E-state index >= 15 is 0 Å². The van der Waals surface area contributed by atoms with Crippen LogP contribution in [0.4, 0.5) is 29.1 Å². The number of nitrogen functional groups attached to an aromatic ring is 1. The number of nitrogens with zero attached hydrogens (tertiary/aromatic N) is 1. The van der Waals surface area contributed by atoms with Crippen LogP contribution in [0.5, 0.6) is 0 Å². The van der Waals surface area contributed by atoms with Gasteiger partial charge in [0.15, 0.2) is 11.6 Å². The van der Waals surface area contributed by atoms with Gasteiger partial charge in [-0.05, 0) is 34.7 Å². The van der Waals surface area contributed by atoms with Crippen molar-refractivity contribution < 1.29 is 17.7 Å². The van der Waals surface area contributed by atoms with Crippen LogP contribution in [-0.2, 0) is 6.42 Å². The SMILES string of the molecule is Nc1ccc(Cc2ccc(N(F)F)c(F)c2F)cc1. The molecule has 0 aromatic heterocycles. The van der Waals surface area contributed by atoms with Gasteiger partial charge in [-0.2, -0.15) is 0 Å². The largest absolute Gasteiger partial charge is 0.399 e. The molecular weight excluding hydrogens is 260 g/mol. The van der Waals surface area contributed by atoms with E-state index in [0.29, 0.717) is 11.3 Å². The summed E-state index contributed by atoms with van der Waals surface area (Å²) in [6.45, 7) is 0. The summed E-state index contributed by atoms with van der Waals surface area (Å²) < 4.78 is 51.4. The van der Waals surface area contributed by atoms with Crippen molar-refractivity contribution in [1.82, 2.24) is 0 Å². The molecule has 0 unspecified atom stereocenters. The average molecular weight is 270 g/mol. The Bertz CT molecular complexity index is 582. The van der Waals surface area contributed by atoms with Gasteiger partial charge in [-0.25, -0.2) is 8.78 Å². The van der Waals surface area contributed by atoms with E-state index < -0.39 is 22.7 Å². The molecule has 0 bridgehead atoms. The molecule has 2 rings (SSSR count). The molecule has 2 aromatic rings. The summed E-state index contributed by atoms with van der Waals surface area (Å²) in [5.41, 5.74) is 5.69. The molecule has 0 aliphatic heterocycles. The van der Waals surface area contributed by atoms with Crippen molar-refractivity contribution in [3.8, 4) is 0 Å². The van der Waals surface area contributed by atoms with Gasteiger partial charge in [0.1, 0.15) is 5.69 Å². The average Bonchev–Trinajstić information content (AvgIpc) is 2.37. The molecule has 2 nitrogen and oxygen atoms in total. The summed E-state index contributed by atoms with van der Waals surface area (Å²) in [5, 5.41) is -1.45. The van der Waals surface area contributed by atoms with E-state index in [4.69, 9.17) is 5.73 Å². The third-order valence-corrected chi connectivity index (χ3v) is 2.70. The molecule has 0 aliphatic rings. The second kappa shape index (κ2) is 5.17. The lowest BCUT2D eigenvalue weighted by Crippen LogP contribution is -2.04. The molecule has 0 saturated heterocycles. The first-order valence-corrected chi connectivity index (χ1v) is 5.42. The van der Waals surface area contributed by atoms with Gasteiger partial charge in [0.25, 0.3) is 0 Å². The highest BCUT2D eigenvalue weighted by atomic mass is 19.4. The van der Waals surface area contributed by atoms with E-state index in [1.165, 1.54) is 0 Å². The van der Waals surface area contributed by atoms with Crippen LogP contribution in [0.1, 0.15) is 11.1 Å². The van der Waals surface area contributed by atoms with Crippen LogP contribution in [0.15, 0.2) is 36.4 Å². The lowest BCUT2D eigenvalue weighted by molar-refractivity contribution is 0.229. The first kappa shape index (κ1) is 13.2. The molecular formula is C13H10F4N2. The monoisotopic (exact) mass is 270 g/mol. The molecule has 0 heterocycles. The van der Waals surface area contributed by atoms with Crippen LogP contribution < -0.4 is 11.1 Å². The molecule has 0 spiro atoms. The maximum absolute atomic E-state index is 13.6. The van der Waals surface area contributed by atoms with Gasteiger partial charge >= 0.3 is 0 Å². The van der Waals surface area contributed by atoms with Crippen molar-refractivity contribution >= 4 is 11.4 Å². The van der Waals surface area contributed by atoms with Gasteiger partial charge in [-0.3, -0.25) is 0 Å². The predicted molar refractivity (Wildman–Crippen MR) is 64.7 cm³/mol. The summed E-state index contributed by atoms with van der Waals surface area (Å²) in [6.07, 6.45) is 0.0991. The van der Waals surface area contributed by atoms with Gasteiger partial charge in [-0.15, -0.1) is 0 Å². The molecule has 2 N–H and O–H groups in total. The zero-order valence-electron chi connectivity index (χ0n) is 9.71. The Hall–Kier alpha value is -2.24. The quantitative estimate of drug-likeness (QED) is 0.523. The number of rotatable bonds is 3. The maximum atomic E-state index is 13.6. The van der Waals surface area contributed by atoms with Crippen molar-refractivity contribution in [2.75, 3.05) is 11.1 Å². The predicted octanol–water partition coefficient (Wildman–Crippen LogP) is 3.71. The Balaban J connectivity index is 2.31. The van der Waals surface area contributed by atoms with Gasteiger partial charge < -0.3 is 5.73 Å². The Morgan fingerprint density at radius 2 is 1.53 bits per heavy atom. The number of hydrogen-bond acceptors (Lipinski definition) is 2. The van der Waals surface area contributed by atoms with E-state index in [9.17, 15) is 17.7 Å². The highest BCUT2D eigenvalue weighted by Gasteiger charge is 2.18. The standard InChI is InChI=1S/C13H10F4N2/c14-12-9(3-6-11(13(12)15)19(16)17)7-8-1-4-10(18)5-2-8/h1-6H,7,18H2. The summed E-state index contributed by atoms with van der Waals surface area (Å²) >= 11 is 0. The van der Waals surface area contributed by atoms with Crippen LogP contribution in [-0.4, -0.2) is 0 Å². The van der Waals surface area contributed by atoms with Crippen LogP contribution in [0.2, 0.25) is 0 Å². The molecule has 100 valence electrons. The van der Waals surface area contributed by atoms with Crippen molar-refractivity contribution in [2.45, 2.75) is 6.42 Å².